The fraction of sp³-hybridized carbons (Fsp3) is 0.222. The SMILES string of the molecule is COc1ccc(-n2ccnc2SCC(=O)N(C)Cc2cccs2)cc1. The number of thioether (sulfide) groups is 1. The molecule has 1 aromatic carbocycles. The molecule has 0 fully saturated rings. The molecule has 0 aliphatic carbocycles. The first-order valence-corrected chi connectivity index (χ1v) is 9.61. The molecule has 0 aliphatic rings. The number of thiophene rings is 1. The molecule has 3 rings (SSSR count). The van der Waals surface area contributed by atoms with Gasteiger partial charge < -0.3 is 9.64 Å². The molecule has 7 heteroatoms. The van der Waals surface area contributed by atoms with Crippen molar-refractivity contribution in [3.05, 3.63) is 59.0 Å². The lowest BCUT2D eigenvalue weighted by atomic mass is 10.3. The monoisotopic (exact) mass is 373 g/mol. The molecule has 0 bridgehead atoms. The van der Waals surface area contributed by atoms with E-state index in [9.17, 15) is 4.79 Å². The largest absolute Gasteiger partial charge is 0.497 e. The summed E-state index contributed by atoms with van der Waals surface area (Å²) in [4.78, 5) is 19.7. The fourth-order valence-electron chi connectivity index (χ4n) is 2.30. The van der Waals surface area contributed by atoms with Crippen LogP contribution < -0.4 is 4.74 Å². The predicted octanol–water partition coefficient (Wildman–Crippen LogP) is 3.69. The van der Waals surface area contributed by atoms with Gasteiger partial charge in [0.2, 0.25) is 5.91 Å². The molecule has 2 heterocycles. The summed E-state index contributed by atoms with van der Waals surface area (Å²) in [5.74, 6) is 1.25. The van der Waals surface area contributed by atoms with E-state index in [0.717, 1.165) is 16.6 Å². The molecule has 0 saturated heterocycles. The first-order valence-electron chi connectivity index (χ1n) is 7.74. The smallest absolute Gasteiger partial charge is 0.233 e. The molecular weight excluding hydrogens is 354 g/mol. The Labute approximate surface area is 155 Å². The lowest BCUT2D eigenvalue weighted by Crippen LogP contribution is -2.27. The Balaban J connectivity index is 1.61. The zero-order valence-corrected chi connectivity index (χ0v) is 15.7. The Morgan fingerprint density at radius 2 is 2.12 bits per heavy atom. The molecule has 5 nitrogen and oxygen atoms in total. The van der Waals surface area contributed by atoms with Crippen LogP contribution in [0.2, 0.25) is 0 Å². The van der Waals surface area contributed by atoms with Crippen LogP contribution in [-0.2, 0) is 11.3 Å². The quantitative estimate of drug-likeness (QED) is 0.593. The first kappa shape index (κ1) is 17.6. The standard InChI is InChI=1S/C18H19N3O2S2/c1-20(12-16-4-3-11-24-16)17(22)13-25-18-19-9-10-21(18)14-5-7-15(23-2)8-6-14/h3-11H,12-13H2,1-2H3. The highest BCUT2D eigenvalue weighted by atomic mass is 32.2. The highest BCUT2D eigenvalue weighted by Gasteiger charge is 2.13. The van der Waals surface area contributed by atoms with Crippen molar-refractivity contribution in [3.8, 4) is 11.4 Å². The van der Waals surface area contributed by atoms with Gasteiger partial charge >= 0.3 is 0 Å². The third-order valence-corrected chi connectivity index (χ3v) is 5.49. The molecule has 2 aromatic heterocycles. The van der Waals surface area contributed by atoms with Crippen LogP contribution in [0.15, 0.2) is 59.3 Å². The molecule has 3 aromatic rings. The van der Waals surface area contributed by atoms with Crippen LogP contribution >= 0.6 is 23.1 Å². The van der Waals surface area contributed by atoms with Crippen LogP contribution in [0.5, 0.6) is 5.75 Å². The number of benzene rings is 1. The number of methoxy groups -OCH3 is 1. The van der Waals surface area contributed by atoms with Crippen molar-refractivity contribution in [1.82, 2.24) is 14.5 Å². The van der Waals surface area contributed by atoms with Crippen molar-refractivity contribution in [2.45, 2.75) is 11.7 Å². The normalized spacial score (nSPS) is 10.6. The molecule has 130 valence electrons. The van der Waals surface area contributed by atoms with E-state index in [1.165, 1.54) is 16.6 Å². The minimum atomic E-state index is 0.0858. The van der Waals surface area contributed by atoms with Gasteiger partial charge in [-0.2, -0.15) is 0 Å². The van der Waals surface area contributed by atoms with E-state index >= 15 is 0 Å². The molecule has 0 radical (unpaired) electrons. The van der Waals surface area contributed by atoms with Gasteiger partial charge in [0.25, 0.3) is 0 Å². The van der Waals surface area contributed by atoms with E-state index in [0.29, 0.717) is 12.3 Å². The predicted molar refractivity (Wildman–Crippen MR) is 102 cm³/mol. The summed E-state index contributed by atoms with van der Waals surface area (Å²) in [6.07, 6.45) is 3.64. The number of hydrogen-bond acceptors (Lipinski definition) is 5. The maximum atomic E-state index is 12.4. The van der Waals surface area contributed by atoms with Gasteiger partial charge in [0.15, 0.2) is 5.16 Å². The van der Waals surface area contributed by atoms with Crippen molar-refractivity contribution < 1.29 is 9.53 Å². The van der Waals surface area contributed by atoms with Gasteiger partial charge in [-0.15, -0.1) is 11.3 Å². The van der Waals surface area contributed by atoms with Gasteiger partial charge in [-0.1, -0.05) is 17.8 Å². The van der Waals surface area contributed by atoms with E-state index in [-0.39, 0.29) is 5.91 Å². The number of hydrogen-bond donors (Lipinski definition) is 0. The number of imidazole rings is 1. The van der Waals surface area contributed by atoms with Crippen molar-refractivity contribution in [1.29, 1.82) is 0 Å². The van der Waals surface area contributed by atoms with Gasteiger partial charge in [-0.25, -0.2) is 4.98 Å². The topological polar surface area (TPSA) is 47.4 Å². The highest BCUT2D eigenvalue weighted by Crippen LogP contribution is 2.22. The molecular formula is C18H19N3O2S2. The third kappa shape index (κ3) is 4.43. The van der Waals surface area contributed by atoms with Gasteiger partial charge in [0.05, 0.1) is 19.4 Å². The Morgan fingerprint density at radius 1 is 1.32 bits per heavy atom. The van der Waals surface area contributed by atoms with E-state index in [4.69, 9.17) is 4.74 Å². The lowest BCUT2D eigenvalue weighted by Gasteiger charge is -2.16. The summed E-state index contributed by atoms with van der Waals surface area (Å²) in [7, 11) is 3.48. The minimum Gasteiger partial charge on any atom is -0.497 e. The summed E-state index contributed by atoms with van der Waals surface area (Å²) in [6.45, 7) is 0.643. The maximum Gasteiger partial charge on any atom is 0.233 e. The van der Waals surface area contributed by atoms with Crippen molar-refractivity contribution in [2.24, 2.45) is 0 Å². The van der Waals surface area contributed by atoms with E-state index in [2.05, 4.69) is 4.98 Å². The van der Waals surface area contributed by atoms with Crippen molar-refractivity contribution >= 4 is 29.0 Å². The van der Waals surface area contributed by atoms with Gasteiger partial charge in [-0.05, 0) is 35.7 Å². The molecule has 0 aliphatic heterocycles. The zero-order valence-electron chi connectivity index (χ0n) is 14.1. The fourth-order valence-corrected chi connectivity index (χ4v) is 3.97. The molecule has 0 N–H and O–H groups in total. The number of ether oxygens (including phenoxy) is 1. The van der Waals surface area contributed by atoms with Crippen molar-refractivity contribution in [3.63, 3.8) is 0 Å². The van der Waals surface area contributed by atoms with E-state index in [1.54, 1.807) is 29.5 Å². The number of carbonyl (C=O) groups is 1. The Hall–Kier alpha value is -2.25. The number of amides is 1. The van der Waals surface area contributed by atoms with Crippen LogP contribution in [0.3, 0.4) is 0 Å². The van der Waals surface area contributed by atoms with Gasteiger partial charge in [-0.3, -0.25) is 9.36 Å². The maximum absolute atomic E-state index is 12.4. The number of aromatic nitrogens is 2. The van der Waals surface area contributed by atoms with Gasteiger partial charge in [0, 0.05) is 30.0 Å². The molecule has 0 atom stereocenters. The highest BCUT2D eigenvalue weighted by molar-refractivity contribution is 7.99. The molecule has 0 saturated carbocycles. The lowest BCUT2D eigenvalue weighted by molar-refractivity contribution is -0.127. The van der Waals surface area contributed by atoms with Crippen LogP contribution in [0.1, 0.15) is 4.88 Å². The molecule has 25 heavy (non-hydrogen) atoms. The number of nitrogens with zero attached hydrogens (tertiary/aromatic N) is 3. The summed E-state index contributed by atoms with van der Waals surface area (Å²) in [5.41, 5.74) is 0.986. The minimum absolute atomic E-state index is 0.0858. The first-order chi connectivity index (χ1) is 12.2. The van der Waals surface area contributed by atoms with Crippen LogP contribution in [-0.4, -0.2) is 40.3 Å². The van der Waals surface area contributed by atoms with Crippen LogP contribution in [0, 0.1) is 0 Å². The zero-order chi connectivity index (χ0) is 17.6. The van der Waals surface area contributed by atoms with E-state index in [1.807, 2.05) is 59.6 Å². The second-order valence-electron chi connectivity index (χ2n) is 5.40. The Kier molecular flexibility index (Phi) is 5.78. The molecule has 1 amide bonds. The second kappa shape index (κ2) is 8.22. The van der Waals surface area contributed by atoms with E-state index < -0.39 is 0 Å². The Morgan fingerprint density at radius 3 is 2.80 bits per heavy atom. The average molecular weight is 374 g/mol. The Bertz CT molecular complexity index is 813. The summed E-state index contributed by atoms with van der Waals surface area (Å²) < 4.78 is 7.15. The third-order valence-electron chi connectivity index (χ3n) is 3.68. The van der Waals surface area contributed by atoms with Crippen LogP contribution in [0.4, 0.5) is 0 Å². The molecule has 0 unspecified atom stereocenters. The summed E-state index contributed by atoms with van der Waals surface area (Å²) in [6, 6.07) is 11.8. The van der Waals surface area contributed by atoms with Crippen LogP contribution in [0.25, 0.3) is 5.69 Å². The summed E-state index contributed by atoms with van der Waals surface area (Å²) >= 11 is 3.10. The van der Waals surface area contributed by atoms with Crippen molar-refractivity contribution in [2.75, 3.05) is 19.9 Å². The number of carbonyl (C=O) groups excluding carboxylic acids is 1. The second-order valence-corrected chi connectivity index (χ2v) is 7.37. The average Bonchev–Trinajstić information content (AvgIpc) is 3.31. The summed E-state index contributed by atoms with van der Waals surface area (Å²) in [5, 5.41) is 2.82. The molecule has 0 spiro atoms. The number of rotatable bonds is 7. The van der Waals surface area contributed by atoms with Gasteiger partial charge in [0.1, 0.15) is 5.75 Å².